The number of H-pyrrole nitrogens is 1. The predicted octanol–water partition coefficient (Wildman–Crippen LogP) is 4.03. The number of hydrogen-bond donors (Lipinski definition) is 1. The van der Waals surface area contributed by atoms with Crippen LogP contribution < -0.4 is 5.56 Å². The molecule has 2 rings (SSSR count). The van der Waals surface area contributed by atoms with Crippen LogP contribution in [-0.4, -0.2) is 9.97 Å². The summed E-state index contributed by atoms with van der Waals surface area (Å²) in [5.74, 6) is 0.707. The Bertz CT molecular complexity index is 689. The summed E-state index contributed by atoms with van der Waals surface area (Å²) < 4.78 is 1.70. The Hall–Kier alpha value is -0.690. The Morgan fingerprint density at radius 2 is 2.05 bits per heavy atom. The first kappa shape index (κ1) is 15.7. The van der Waals surface area contributed by atoms with Crippen LogP contribution in [0.3, 0.4) is 0 Å². The van der Waals surface area contributed by atoms with E-state index in [4.69, 9.17) is 0 Å². The minimum atomic E-state index is -0.142. The molecule has 1 aromatic heterocycles. The number of hydrogen-bond acceptors (Lipinski definition) is 2. The minimum absolute atomic E-state index is 0.0597. The van der Waals surface area contributed by atoms with E-state index in [9.17, 15) is 4.79 Å². The lowest BCUT2D eigenvalue weighted by Gasteiger charge is -2.19. The van der Waals surface area contributed by atoms with Crippen molar-refractivity contribution in [3.63, 3.8) is 0 Å². The third-order valence-electron chi connectivity index (χ3n) is 2.88. The fourth-order valence-electron chi connectivity index (χ4n) is 1.93. The first-order chi connectivity index (χ1) is 9.27. The quantitative estimate of drug-likeness (QED) is 0.708. The number of rotatable bonds is 2. The summed E-state index contributed by atoms with van der Waals surface area (Å²) in [5, 5.41) is 0. The Balaban J connectivity index is 2.44. The van der Waals surface area contributed by atoms with E-state index >= 15 is 0 Å². The van der Waals surface area contributed by atoms with E-state index in [2.05, 4.69) is 69.3 Å². The van der Waals surface area contributed by atoms with Gasteiger partial charge in [-0.1, -0.05) is 48.8 Å². The van der Waals surface area contributed by atoms with Gasteiger partial charge in [-0.15, -0.1) is 0 Å². The molecule has 0 saturated carbocycles. The lowest BCUT2D eigenvalue weighted by Crippen LogP contribution is -2.25. The van der Waals surface area contributed by atoms with E-state index < -0.39 is 0 Å². The zero-order valence-electron chi connectivity index (χ0n) is 11.6. The average Bonchev–Trinajstić information content (AvgIpc) is 2.32. The van der Waals surface area contributed by atoms with Crippen LogP contribution in [0.1, 0.15) is 37.9 Å². The van der Waals surface area contributed by atoms with Crippen LogP contribution in [0.2, 0.25) is 0 Å². The zero-order chi connectivity index (χ0) is 14.9. The molecule has 3 nitrogen and oxygen atoms in total. The number of nitrogens with zero attached hydrogens (tertiary/aromatic N) is 1. The molecule has 1 aromatic carbocycles. The number of halogens is 2. The topological polar surface area (TPSA) is 45.8 Å². The maximum absolute atomic E-state index is 12.1. The molecular formula is C15H16BrIN2O. The monoisotopic (exact) mass is 446 g/mol. The van der Waals surface area contributed by atoms with Crippen molar-refractivity contribution in [3.8, 4) is 0 Å². The van der Waals surface area contributed by atoms with Crippen molar-refractivity contribution in [3.05, 3.63) is 59.7 Å². The Labute approximate surface area is 140 Å². The molecule has 2 aromatic rings. The summed E-state index contributed by atoms with van der Waals surface area (Å²) in [6, 6.07) is 8.03. The second-order valence-corrected chi connectivity index (χ2v) is 7.73. The molecule has 0 spiro atoms. The van der Waals surface area contributed by atoms with Gasteiger partial charge in [0.05, 0.1) is 5.69 Å². The van der Waals surface area contributed by atoms with Gasteiger partial charge in [-0.2, -0.15) is 0 Å². The van der Waals surface area contributed by atoms with Crippen LogP contribution in [0, 0.1) is 3.57 Å². The average molecular weight is 447 g/mol. The molecular weight excluding hydrogens is 431 g/mol. The van der Waals surface area contributed by atoms with Crippen molar-refractivity contribution in [2.45, 2.75) is 32.6 Å². The highest BCUT2D eigenvalue weighted by Gasteiger charge is 2.21. The van der Waals surface area contributed by atoms with Crippen LogP contribution in [0.15, 0.2) is 33.5 Å². The maximum Gasteiger partial charge on any atom is 0.264 e. The van der Waals surface area contributed by atoms with Crippen molar-refractivity contribution >= 4 is 38.5 Å². The van der Waals surface area contributed by atoms with Gasteiger partial charge in [0.2, 0.25) is 0 Å². The number of aromatic amines is 1. The highest BCUT2D eigenvalue weighted by atomic mass is 127. The summed E-state index contributed by atoms with van der Waals surface area (Å²) in [5.41, 5.74) is 1.77. The maximum atomic E-state index is 12.1. The highest BCUT2D eigenvalue weighted by Crippen LogP contribution is 2.23. The normalized spacial score (nSPS) is 11.7. The molecule has 0 atom stereocenters. The molecule has 1 heterocycles. The van der Waals surface area contributed by atoms with Gasteiger partial charge in [0, 0.05) is 16.3 Å². The standard InChI is InChI=1S/C15H16BrIN2O/c1-15(2,3)13-12(17)14(20)19-11(18-13)8-9-5-4-6-10(16)7-9/h4-7H,8H2,1-3H3,(H,18,19,20). The van der Waals surface area contributed by atoms with Crippen molar-refractivity contribution in [2.24, 2.45) is 0 Å². The first-order valence-corrected chi connectivity index (χ1v) is 8.18. The summed E-state index contributed by atoms with van der Waals surface area (Å²) in [4.78, 5) is 19.6. The van der Waals surface area contributed by atoms with Crippen LogP contribution in [-0.2, 0) is 11.8 Å². The fourth-order valence-corrected chi connectivity index (χ4v) is 3.44. The van der Waals surface area contributed by atoms with Gasteiger partial charge in [-0.3, -0.25) is 4.79 Å². The molecule has 0 unspecified atom stereocenters. The lowest BCUT2D eigenvalue weighted by atomic mass is 9.92. The third-order valence-corrected chi connectivity index (χ3v) is 4.38. The molecule has 5 heteroatoms. The second-order valence-electron chi connectivity index (χ2n) is 5.73. The molecule has 1 N–H and O–H groups in total. The fraction of sp³-hybridized carbons (Fsp3) is 0.333. The van der Waals surface area contributed by atoms with Gasteiger partial charge in [0.15, 0.2) is 0 Å². The van der Waals surface area contributed by atoms with E-state index in [1.165, 1.54) is 0 Å². The van der Waals surface area contributed by atoms with Crippen molar-refractivity contribution in [2.75, 3.05) is 0 Å². The van der Waals surface area contributed by atoms with Gasteiger partial charge in [0.1, 0.15) is 9.39 Å². The number of benzene rings is 1. The molecule has 0 aliphatic carbocycles. The summed E-state index contributed by atoms with van der Waals surface area (Å²) in [7, 11) is 0. The van der Waals surface area contributed by atoms with Crippen LogP contribution in [0.4, 0.5) is 0 Å². The van der Waals surface area contributed by atoms with E-state index in [-0.39, 0.29) is 11.0 Å². The van der Waals surface area contributed by atoms with Gasteiger partial charge in [0.25, 0.3) is 5.56 Å². The first-order valence-electron chi connectivity index (χ1n) is 6.31. The minimum Gasteiger partial charge on any atom is -0.309 e. The smallest absolute Gasteiger partial charge is 0.264 e. The molecule has 0 saturated heterocycles. The van der Waals surface area contributed by atoms with Gasteiger partial charge < -0.3 is 4.98 Å². The van der Waals surface area contributed by atoms with Crippen LogP contribution >= 0.6 is 38.5 Å². The predicted molar refractivity (Wildman–Crippen MR) is 93.2 cm³/mol. The molecule has 106 valence electrons. The summed E-state index contributed by atoms with van der Waals surface area (Å²) in [6.45, 7) is 6.21. The summed E-state index contributed by atoms with van der Waals surface area (Å²) >= 11 is 5.52. The highest BCUT2D eigenvalue weighted by molar-refractivity contribution is 14.1. The van der Waals surface area contributed by atoms with Crippen LogP contribution in [0.5, 0.6) is 0 Å². The van der Waals surface area contributed by atoms with Crippen molar-refractivity contribution in [1.82, 2.24) is 9.97 Å². The van der Waals surface area contributed by atoms with Gasteiger partial charge in [-0.05, 0) is 40.3 Å². The molecule has 0 aliphatic heterocycles. The Kier molecular flexibility index (Phi) is 4.69. The zero-order valence-corrected chi connectivity index (χ0v) is 15.4. The third kappa shape index (κ3) is 3.69. The van der Waals surface area contributed by atoms with Crippen molar-refractivity contribution < 1.29 is 0 Å². The largest absolute Gasteiger partial charge is 0.309 e. The molecule has 0 amide bonds. The summed E-state index contributed by atoms with van der Waals surface area (Å²) in [6.07, 6.45) is 0.620. The SMILES string of the molecule is CC(C)(C)c1nc(Cc2cccc(Br)c2)[nH]c(=O)c1I. The van der Waals surface area contributed by atoms with E-state index in [1.807, 2.05) is 24.3 Å². The molecule has 0 aliphatic rings. The van der Waals surface area contributed by atoms with Crippen LogP contribution in [0.25, 0.3) is 0 Å². The number of aromatic nitrogens is 2. The Morgan fingerprint density at radius 1 is 1.35 bits per heavy atom. The number of nitrogens with one attached hydrogen (secondary N) is 1. The molecule has 0 radical (unpaired) electrons. The second kappa shape index (κ2) is 5.97. The molecule has 0 fully saturated rings. The van der Waals surface area contributed by atoms with E-state index in [0.29, 0.717) is 15.8 Å². The van der Waals surface area contributed by atoms with Gasteiger partial charge >= 0.3 is 0 Å². The van der Waals surface area contributed by atoms with E-state index in [0.717, 1.165) is 15.7 Å². The molecule has 0 bridgehead atoms. The van der Waals surface area contributed by atoms with Gasteiger partial charge in [-0.25, -0.2) is 4.98 Å². The molecule has 20 heavy (non-hydrogen) atoms. The lowest BCUT2D eigenvalue weighted by molar-refractivity contribution is 0.556. The van der Waals surface area contributed by atoms with Crippen molar-refractivity contribution in [1.29, 1.82) is 0 Å². The van der Waals surface area contributed by atoms with E-state index in [1.54, 1.807) is 0 Å². The Morgan fingerprint density at radius 3 is 2.65 bits per heavy atom.